The molecule has 32 heavy (non-hydrogen) atoms. The summed E-state index contributed by atoms with van der Waals surface area (Å²) in [6.45, 7) is 12.7. The molecule has 0 aliphatic carbocycles. The van der Waals surface area contributed by atoms with Crippen LogP contribution in [0.3, 0.4) is 0 Å². The lowest BCUT2D eigenvalue weighted by Gasteiger charge is -2.35. The highest BCUT2D eigenvalue weighted by Crippen LogP contribution is 2.38. The average Bonchev–Trinajstić information content (AvgIpc) is 3.40. The van der Waals surface area contributed by atoms with Gasteiger partial charge in [0.25, 0.3) is 5.91 Å². The number of amides is 1. The number of hydrogen-bond acceptors (Lipinski definition) is 4. The summed E-state index contributed by atoms with van der Waals surface area (Å²) in [7, 11) is 0. The molecule has 3 aliphatic rings. The average molecular weight is 556 g/mol. The van der Waals surface area contributed by atoms with Gasteiger partial charge < -0.3 is 24.6 Å². The second-order valence-corrected chi connectivity index (χ2v) is 9.31. The van der Waals surface area contributed by atoms with Crippen molar-refractivity contribution in [3.8, 4) is 0 Å². The molecule has 178 valence electrons. The number of guanidine groups is 1. The van der Waals surface area contributed by atoms with Crippen LogP contribution in [0.5, 0.6) is 0 Å². The highest BCUT2D eigenvalue weighted by molar-refractivity contribution is 14.0. The highest BCUT2D eigenvalue weighted by Gasteiger charge is 2.42. The third kappa shape index (κ3) is 5.94. The molecule has 3 unspecified atom stereocenters. The fourth-order valence-corrected chi connectivity index (χ4v) is 4.96. The van der Waals surface area contributed by atoms with Gasteiger partial charge in [-0.1, -0.05) is 12.1 Å². The molecule has 0 saturated carbocycles. The normalized spacial score (nSPS) is 28.2. The molecular formula is C24H37IN4O3. The summed E-state index contributed by atoms with van der Waals surface area (Å²) in [6.07, 6.45) is 2.48. The maximum atomic E-state index is 12.9. The van der Waals surface area contributed by atoms with Gasteiger partial charge in [-0.05, 0) is 51.3 Å². The van der Waals surface area contributed by atoms with Crippen molar-refractivity contribution in [2.75, 3.05) is 45.9 Å². The minimum absolute atomic E-state index is 0. The SMILES string of the molecule is CCNC(=NCc1ccc(C(=O)N2CC(C)OC(C)C2)cc1)N1CCC2(CCOC2)C1.I. The van der Waals surface area contributed by atoms with E-state index in [-0.39, 0.29) is 42.1 Å². The molecule has 1 aromatic carbocycles. The lowest BCUT2D eigenvalue weighted by atomic mass is 9.87. The van der Waals surface area contributed by atoms with Crippen molar-refractivity contribution in [1.82, 2.24) is 15.1 Å². The lowest BCUT2D eigenvalue weighted by Crippen LogP contribution is -2.48. The molecule has 1 amide bonds. The number of benzene rings is 1. The number of likely N-dealkylation sites (tertiary alicyclic amines) is 1. The smallest absolute Gasteiger partial charge is 0.254 e. The number of ether oxygens (including phenoxy) is 2. The summed E-state index contributed by atoms with van der Waals surface area (Å²) >= 11 is 0. The summed E-state index contributed by atoms with van der Waals surface area (Å²) in [5.74, 6) is 1.05. The quantitative estimate of drug-likeness (QED) is 0.351. The summed E-state index contributed by atoms with van der Waals surface area (Å²) in [5, 5.41) is 3.44. The third-order valence-electron chi connectivity index (χ3n) is 6.58. The first-order valence-corrected chi connectivity index (χ1v) is 11.6. The minimum Gasteiger partial charge on any atom is -0.381 e. The molecule has 3 atom stereocenters. The van der Waals surface area contributed by atoms with Crippen molar-refractivity contribution >= 4 is 35.8 Å². The van der Waals surface area contributed by atoms with Gasteiger partial charge in [0.15, 0.2) is 5.96 Å². The number of aliphatic imine (C=N–C) groups is 1. The van der Waals surface area contributed by atoms with Crippen LogP contribution in [0.25, 0.3) is 0 Å². The molecule has 3 heterocycles. The van der Waals surface area contributed by atoms with E-state index in [1.54, 1.807) is 0 Å². The number of rotatable bonds is 4. The molecule has 0 radical (unpaired) electrons. The van der Waals surface area contributed by atoms with Crippen LogP contribution in [-0.2, 0) is 16.0 Å². The van der Waals surface area contributed by atoms with E-state index < -0.39 is 0 Å². The van der Waals surface area contributed by atoms with E-state index in [0.717, 1.165) is 56.4 Å². The Morgan fingerprint density at radius 1 is 1.16 bits per heavy atom. The van der Waals surface area contributed by atoms with Crippen LogP contribution < -0.4 is 5.32 Å². The Morgan fingerprint density at radius 2 is 1.88 bits per heavy atom. The Labute approximate surface area is 208 Å². The van der Waals surface area contributed by atoms with E-state index in [1.165, 1.54) is 6.42 Å². The molecule has 1 spiro atoms. The van der Waals surface area contributed by atoms with Crippen molar-refractivity contribution in [2.24, 2.45) is 10.4 Å². The van der Waals surface area contributed by atoms with Crippen LogP contribution in [0.15, 0.2) is 29.3 Å². The van der Waals surface area contributed by atoms with Gasteiger partial charge in [-0.15, -0.1) is 24.0 Å². The van der Waals surface area contributed by atoms with Crippen molar-refractivity contribution in [1.29, 1.82) is 0 Å². The minimum atomic E-state index is 0. The summed E-state index contributed by atoms with van der Waals surface area (Å²) in [4.78, 5) is 22.0. The molecule has 8 heteroatoms. The van der Waals surface area contributed by atoms with E-state index in [0.29, 0.717) is 25.0 Å². The maximum absolute atomic E-state index is 12.9. The molecule has 4 rings (SSSR count). The molecule has 3 fully saturated rings. The number of nitrogens with one attached hydrogen (secondary N) is 1. The predicted octanol–water partition coefficient (Wildman–Crippen LogP) is 3.13. The summed E-state index contributed by atoms with van der Waals surface area (Å²) in [6, 6.07) is 7.88. The summed E-state index contributed by atoms with van der Waals surface area (Å²) < 4.78 is 11.4. The first-order valence-electron chi connectivity index (χ1n) is 11.6. The number of carbonyl (C=O) groups is 1. The van der Waals surface area contributed by atoms with Crippen molar-refractivity contribution < 1.29 is 14.3 Å². The van der Waals surface area contributed by atoms with Gasteiger partial charge in [0.05, 0.1) is 25.4 Å². The van der Waals surface area contributed by atoms with E-state index in [1.807, 2.05) is 43.0 Å². The lowest BCUT2D eigenvalue weighted by molar-refractivity contribution is -0.0586. The van der Waals surface area contributed by atoms with Crippen molar-refractivity contribution in [2.45, 2.75) is 52.4 Å². The molecule has 3 saturated heterocycles. The Morgan fingerprint density at radius 3 is 2.50 bits per heavy atom. The van der Waals surface area contributed by atoms with Crippen molar-refractivity contribution in [3.05, 3.63) is 35.4 Å². The van der Waals surface area contributed by atoms with Gasteiger partial charge in [0, 0.05) is 50.3 Å². The zero-order chi connectivity index (χ0) is 21.8. The fourth-order valence-electron chi connectivity index (χ4n) is 4.96. The zero-order valence-electron chi connectivity index (χ0n) is 19.5. The molecule has 1 aromatic rings. The number of halogens is 1. The second kappa shape index (κ2) is 11.2. The molecular weight excluding hydrogens is 519 g/mol. The van der Waals surface area contributed by atoms with Crippen LogP contribution in [-0.4, -0.2) is 79.8 Å². The standard InChI is InChI=1S/C24H36N4O3.HI/c1-4-25-23(27-11-9-24(16-27)10-12-30-17-24)26-13-20-5-7-21(8-6-20)22(29)28-14-18(2)31-19(3)15-28;/h5-8,18-19H,4,9-17H2,1-3H3,(H,25,26);1H. The Balaban J connectivity index is 0.00000289. The van der Waals surface area contributed by atoms with Gasteiger partial charge in [-0.2, -0.15) is 0 Å². The maximum Gasteiger partial charge on any atom is 0.254 e. The number of nitrogens with zero attached hydrogens (tertiary/aromatic N) is 3. The molecule has 7 nitrogen and oxygen atoms in total. The predicted molar refractivity (Wildman–Crippen MR) is 137 cm³/mol. The monoisotopic (exact) mass is 556 g/mol. The Hall–Kier alpha value is -1.39. The van der Waals surface area contributed by atoms with E-state index in [2.05, 4.69) is 17.1 Å². The number of hydrogen-bond donors (Lipinski definition) is 1. The largest absolute Gasteiger partial charge is 0.381 e. The van der Waals surface area contributed by atoms with Crippen molar-refractivity contribution in [3.63, 3.8) is 0 Å². The molecule has 3 aliphatic heterocycles. The van der Waals surface area contributed by atoms with Crippen LogP contribution in [0, 0.1) is 5.41 Å². The molecule has 0 aromatic heterocycles. The van der Waals surface area contributed by atoms with Gasteiger partial charge in [0.2, 0.25) is 0 Å². The zero-order valence-corrected chi connectivity index (χ0v) is 21.8. The fraction of sp³-hybridized carbons (Fsp3) is 0.667. The first-order chi connectivity index (χ1) is 15.0. The first kappa shape index (κ1) is 25.2. The van der Waals surface area contributed by atoms with E-state index in [9.17, 15) is 4.79 Å². The van der Waals surface area contributed by atoms with Crippen LogP contribution in [0.1, 0.15) is 49.5 Å². The van der Waals surface area contributed by atoms with E-state index >= 15 is 0 Å². The molecule has 0 bridgehead atoms. The second-order valence-electron chi connectivity index (χ2n) is 9.31. The Kier molecular flexibility index (Phi) is 8.80. The van der Waals surface area contributed by atoms with E-state index in [4.69, 9.17) is 14.5 Å². The van der Waals surface area contributed by atoms with Crippen LogP contribution in [0.4, 0.5) is 0 Å². The molecule has 1 N–H and O–H groups in total. The third-order valence-corrected chi connectivity index (χ3v) is 6.58. The Bertz CT molecular complexity index is 785. The highest BCUT2D eigenvalue weighted by atomic mass is 127. The van der Waals surface area contributed by atoms with Gasteiger partial charge in [0.1, 0.15) is 0 Å². The topological polar surface area (TPSA) is 66.4 Å². The van der Waals surface area contributed by atoms with Gasteiger partial charge >= 0.3 is 0 Å². The van der Waals surface area contributed by atoms with Gasteiger partial charge in [-0.3, -0.25) is 4.79 Å². The van der Waals surface area contributed by atoms with Crippen LogP contribution >= 0.6 is 24.0 Å². The number of morpholine rings is 1. The van der Waals surface area contributed by atoms with Crippen LogP contribution in [0.2, 0.25) is 0 Å². The van der Waals surface area contributed by atoms with Gasteiger partial charge in [-0.25, -0.2) is 4.99 Å². The number of carbonyl (C=O) groups excluding carboxylic acids is 1. The summed E-state index contributed by atoms with van der Waals surface area (Å²) in [5.41, 5.74) is 2.14.